The van der Waals surface area contributed by atoms with Gasteiger partial charge >= 0.3 is 5.97 Å². The second-order valence-electron chi connectivity index (χ2n) is 7.48. The Labute approximate surface area is 163 Å². The van der Waals surface area contributed by atoms with E-state index in [9.17, 15) is 9.90 Å². The van der Waals surface area contributed by atoms with Crippen molar-refractivity contribution in [2.45, 2.75) is 19.2 Å². The van der Waals surface area contributed by atoms with E-state index in [1.807, 2.05) is 6.07 Å². The molecule has 0 aromatic heterocycles. The number of hydrogen-bond acceptors (Lipinski definition) is 3. The fraction of sp³-hybridized carbons (Fsp3) is 0.409. The van der Waals surface area contributed by atoms with Crippen LogP contribution in [0.2, 0.25) is 6.32 Å². The topological polar surface area (TPSA) is 52.6 Å². The van der Waals surface area contributed by atoms with Crippen LogP contribution < -0.4 is 5.32 Å². The molecule has 0 unspecified atom stereocenters. The molecule has 1 saturated heterocycles. The maximum absolute atomic E-state index is 11.5. The number of rotatable bonds is 9. The van der Waals surface area contributed by atoms with E-state index in [2.05, 4.69) is 66.6 Å². The zero-order valence-electron chi connectivity index (χ0n) is 16.1. The Kier molecular flexibility index (Phi) is 6.94. The summed E-state index contributed by atoms with van der Waals surface area (Å²) in [7, 11) is 2.16. The smallest absolute Gasteiger partial charge is 0.308 e. The molecule has 2 N–H and O–H groups in total. The molecule has 0 bridgehead atoms. The van der Waals surface area contributed by atoms with E-state index in [4.69, 9.17) is 0 Å². The van der Waals surface area contributed by atoms with E-state index in [1.54, 1.807) is 0 Å². The molecule has 0 spiro atoms. The molecular weight excluding hydrogens is 335 g/mol. The predicted molar refractivity (Wildman–Crippen MR) is 114 cm³/mol. The summed E-state index contributed by atoms with van der Waals surface area (Å²) in [5.74, 6) is -0.544. The lowest BCUT2D eigenvalue weighted by Crippen LogP contribution is -2.28. The van der Waals surface area contributed by atoms with Gasteiger partial charge in [0.15, 0.2) is 0 Å². The van der Waals surface area contributed by atoms with E-state index >= 15 is 0 Å². The first-order chi connectivity index (χ1) is 13.2. The minimum atomic E-state index is -0.636. The van der Waals surface area contributed by atoms with Crippen molar-refractivity contribution in [2.75, 3.05) is 31.5 Å². The molecule has 27 heavy (non-hydrogen) atoms. The molecule has 2 atom stereocenters. The van der Waals surface area contributed by atoms with Crippen LogP contribution in [0.3, 0.4) is 0 Å². The van der Waals surface area contributed by atoms with E-state index in [0.29, 0.717) is 12.5 Å². The predicted octanol–water partition coefficient (Wildman–Crippen LogP) is 3.23. The Morgan fingerprint density at radius 3 is 2.44 bits per heavy atom. The first kappa shape index (κ1) is 19.5. The second-order valence-corrected chi connectivity index (χ2v) is 7.48. The average Bonchev–Trinajstić information content (AvgIpc) is 3.11. The number of nitrogens with one attached hydrogen (secondary N) is 1. The number of carboxylic acids is 1. The molecule has 2 aromatic carbocycles. The van der Waals surface area contributed by atoms with Crippen LogP contribution in [-0.4, -0.2) is 50.0 Å². The molecule has 0 aliphatic carbocycles. The van der Waals surface area contributed by atoms with Crippen molar-refractivity contribution in [2.24, 2.45) is 11.8 Å². The number of nitrogens with zero attached hydrogens (tertiary/aromatic N) is 1. The van der Waals surface area contributed by atoms with Gasteiger partial charge in [-0.2, -0.15) is 0 Å². The number of carbonyl (C=O) groups is 1. The maximum Gasteiger partial charge on any atom is 0.308 e. The van der Waals surface area contributed by atoms with Crippen molar-refractivity contribution >= 4 is 19.5 Å². The van der Waals surface area contributed by atoms with Crippen LogP contribution >= 0.6 is 0 Å². The molecule has 1 heterocycles. The lowest BCUT2D eigenvalue weighted by molar-refractivity contribution is -0.142. The normalized spacial score (nSPS) is 19.9. The van der Waals surface area contributed by atoms with Gasteiger partial charge in [-0.3, -0.25) is 4.79 Å². The number of anilines is 1. The van der Waals surface area contributed by atoms with Crippen LogP contribution in [0.5, 0.6) is 0 Å². The van der Waals surface area contributed by atoms with Gasteiger partial charge < -0.3 is 15.3 Å². The van der Waals surface area contributed by atoms with Crippen LogP contribution in [0.15, 0.2) is 54.6 Å². The summed E-state index contributed by atoms with van der Waals surface area (Å²) in [6.07, 6.45) is 3.27. The molecule has 0 amide bonds. The molecule has 1 aliphatic heterocycles. The molecule has 2 aromatic rings. The highest BCUT2D eigenvalue weighted by Gasteiger charge is 2.36. The van der Waals surface area contributed by atoms with E-state index in [1.165, 1.54) is 11.1 Å². The number of carboxylic acid groups (broad SMARTS) is 1. The third-order valence-corrected chi connectivity index (χ3v) is 5.51. The van der Waals surface area contributed by atoms with Crippen LogP contribution in [0.4, 0.5) is 5.69 Å². The number of hydrogen-bond donors (Lipinski definition) is 2. The molecule has 1 aliphatic rings. The third kappa shape index (κ3) is 5.36. The molecule has 4 nitrogen and oxygen atoms in total. The SMILES string of the molecule is BCCC[C@H]1CN(CCNc2ccc(-c3ccccc3)cc2)C[C@H]1C(=O)O. The summed E-state index contributed by atoms with van der Waals surface area (Å²) >= 11 is 0. The molecule has 3 rings (SSSR count). The van der Waals surface area contributed by atoms with Gasteiger partial charge in [0.2, 0.25) is 0 Å². The summed E-state index contributed by atoms with van der Waals surface area (Å²) in [6.45, 7) is 3.30. The first-order valence-electron chi connectivity index (χ1n) is 10.0. The monoisotopic (exact) mass is 364 g/mol. The molecule has 5 heteroatoms. The van der Waals surface area contributed by atoms with Crippen molar-refractivity contribution in [3.05, 3.63) is 54.6 Å². The Hall–Kier alpha value is -2.27. The Morgan fingerprint density at radius 2 is 1.78 bits per heavy atom. The minimum absolute atomic E-state index is 0.207. The van der Waals surface area contributed by atoms with Gasteiger partial charge in [-0.1, -0.05) is 55.2 Å². The van der Waals surface area contributed by atoms with Crippen molar-refractivity contribution in [1.29, 1.82) is 0 Å². The summed E-state index contributed by atoms with van der Waals surface area (Å²) in [6, 6.07) is 18.8. The van der Waals surface area contributed by atoms with Crippen molar-refractivity contribution in [3.63, 3.8) is 0 Å². The Balaban J connectivity index is 1.47. The Bertz CT molecular complexity index is 721. The summed E-state index contributed by atoms with van der Waals surface area (Å²) < 4.78 is 0. The first-order valence-corrected chi connectivity index (χ1v) is 10.0. The van der Waals surface area contributed by atoms with Gasteiger partial charge in [0.1, 0.15) is 7.85 Å². The van der Waals surface area contributed by atoms with E-state index in [-0.39, 0.29) is 5.92 Å². The maximum atomic E-state index is 11.5. The van der Waals surface area contributed by atoms with Crippen LogP contribution in [0, 0.1) is 11.8 Å². The molecule has 0 saturated carbocycles. The van der Waals surface area contributed by atoms with Crippen molar-refractivity contribution in [3.8, 4) is 11.1 Å². The quantitative estimate of drug-likeness (QED) is 0.671. The lowest BCUT2D eigenvalue weighted by atomic mass is 9.88. The van der Waals surface area contributed by atoms with Crippen molar-refractivity contribution in [1.82, 2.24) is 4.90 Å². The van der Waals surface area contributed by atoms with Gasteiger partial charge in [-0.25, -0.2) is 0 Å². The lowest BCUT2D eigenvalue weighted by Gasteiger charge is -2.16. The van der Waals surface area contributed by atoms with Crippen LogP contribution in [0.25, 0.3) is 11.1 Å². The number of benzene rings is 2. The van der Waals surface area contributed by atoms with Gasteiger partial charge in [-0.05, 0) is 35.6 Å². The molecule has 142 valence electrons. The standard InChI is InChI=1S/C22H29BN2O2/c23-12-4-7-19-15-25(16-21(19)22(26)27)14-13-24-20-10-8-18(9-11-20)17-5-2-1-3-6-17/h1-3,5-6,8-11,19,21,24H,4,7,12-16,23H2,(H,26,27)/t19-,21+/m0/s1. The van der Waals surface area contributed by atoms with Gasteiger partial charge in [0.05, 0.1) is 5.92 Å². The fourth-order valence-electron chi connectivity index (χ4n) is 3.95. The molecular formula is C22H29BN2O2. The Morgan fingerprint density at radius 1 is 1.07 bits per heavy atom. The van der Waals surface area contributed by atoms with Crippen LogP contribution in [-0.2, 0) is 4.79 Å². The minimum Gasteiger partial charge on any atom is -0.481 e. The highest BCUT2D eigenvalue weighted by molar-refractivity contribution is 6.08. The summed E-state index contributed by atoms with van der Waals surface area (Å²) in [4.78, 5) is 13.8. The summed E-state index contributed by atoms with van der Waals surface area (Å²) in [5.41, 5.74) is 3.54. The summed E-state index contributed by atoms with van der Waals surface area (Å²) in [5, 5.41) is 12.9. The van der Waals surface area contributed by atoms with Crippen LogP contribution in [0.1, 0.15) is 12.8 Å². The van der Waals surface area contributed by atoms with Crippen molar-refractivity contribution < 1.29 is 9.90 Å². The number of likely N-dealkylation sites (tertiary alicyclic amines) is 1. The number of aliphatic carboxylic acids is 1. The average molecular weight is 364 g/mol. The van der Waals surface area contributed by atoms with E-state index in [0.717, 1.165) is 44.5 Å². The van der Waals surface area contributed by atoms with Gasteiger partial charge in [0.25, 0.3) is 0 Å². The molecule has 0 radical (unpaired) electrons. The third-order valence-electron chi connectivity index (χ3n) is 5.51. The van der Waals surface area contributed by atoms with Gasteiger partial charge in [-0.15, -0.1) is 0 Å². The highest BCUT2D eigenvalue weighted by atomic mass is 16.4. The molecule has 1 fully saturated rings. The fourth-order valence-corrected chi connectivity index (χ4v) is 3.95. The second kappa shape index (κ2) is 9.61. The zero-order chi connectivity index (χ0) is 19.1. The zero-order valence-corrected chi connectivity index (χ0v) is 16.1. The highest BCUT2D eigenvalue weighted by Crippen LogP contribution is 2.28. The van der Waals surface area contributed by atoms with Gasteiger partial charge in [0, 0.05) is 31.9 Å². The largest absolute Gasteiger partial charge is 0.481 e. The van der Waals surface area contributed by atoms with E-state index < -0.39 is 5.97 Å².